The molecule has 1 N–H and O–H groups in total. The molecular weight excluding hydrogens is 178 g/mol. The summed E-state index contributed by atoms with van der Waals surface area (Å²) >= 11 is 0. The van der Waals surface area contributed by atoms with Crippen molar-refractivity contribution in [2.45, 2.75) is 46.1 Å². The Labute approximate surface area is 87.1 Å². The number of nitrogens with zero attached hydrogens (tertiary/aromatic N) is 1. The van der Waals surface area contributed by atoms with E-state index in [0.717, 1.165) is 6.54 Å². The maximum atomic E-state index is 11.3. The average molecular weight is 201 g/mol. The highest BCUT2D eigenvalue weighted by Crippen LogP contribution is 2.23. The van der Waals surface area contributed by atoms with Crippen molar-refractivity contribution in [3.8, 4) is 0 Å². The first-order valence-corrected chi connectivity index (χ1v) is 5.35. The fourth-order valence-corrected chi connectivity index (χ4v) is 1.98. The molecule has 0 atom stereocenters. The zero-order valence-electron chi connectivity index (χ0n) is 10.0. The summed E-state index contributed by atoms with van der Waals surface area (Å²) in [6, 6.07) is 0. The van der Waals surface area contributed by atoms with Gasteiger partial charge in [-0.1, -0.05) is 27.7 Å². The molecule has 3 nitrogen and oxygen atoms in total. The van der Waals surface area contributed by atoms with Crippen LogP contribution in [-0.2, 0) is 4.79 Å². The predicted octanol–water partition coefficient (Wildman–Crippen LogP) is 2.22. The first-order valence-electron chi connectivity index (χ1n) is 5.35. The van der Waals surface area contributed by atoms with Crippen LogP contribution in [0.2, 0.25) is 0 Å². The highest BCUT2D eigenvalue weighted by molar-refractivity contribution is 5.78. The van der Waals surface area contributed by atoms with Crippen LogP contribution >= 0.6 is 0 Å². The van der Waals surface area contributed by atoms with Gasteiger partial charge in [0, 0.05) is 6.54 Å². The maximum absolute atomic E-state index is 11.3. The standard InChI is InChI=1S/C11H23NO2/c1-6-11(7-2,10(13)14)12(5)8-9(3)4/h9H,6-8H2,1-5H3,(H,13,14). The van der Waals surface area contributed by atoms with Crippen molar-refractivity contribution in [2.75, 3.05) is 13.6 Å². The Morgan fingerprint density at radius 1 is 1.36 bits per heavy atom. The summed E-state index contributed by atoms with van der Waals surface area (Å²) in [7, 11) is 1.90. The minimum absolute atomic E-state index is 0.497. The molecule has 0 saturated heterocycles. The second-order valence-corrected chi connectivity index (χ2v) is 4.32. The third-order valence-electron chi connectivity index (χ3n) is 2.94. The highest BCUT2D eigenvalue weighted by atomic mass is 16.4. The van der Waals surface area contributed by atoms with E-state index in [9.17, 15) is 9.90 Å². The zero-order chi connectivity index (χ0) is 11.4. The largest absolute Gasteiger partial charge is 0.480 e. The second-order valence-electron chi connectivity index (χ2n) is 4.32. The third kappa shape index (κ3) is 2.71. The van der Waals surface area contributed by atoms with Gasteiger partial charge in [0.25, 0.3) is 0 Å². The topological polar surface area (TPSA) is 40.5 Å². The number of hydrogen-bond donors (Lipinski definition) is 1. The molecule has 0 aromatic rings. The first-order chi connectivity index (χ1) is 6.40. The van der Waals surface area contributed by atoms with Crippen LogP contribution in [0.4, 0.5) is 0 Å². The van der Waals surface area contributed by atoms with Crippen molar-refractivity contribution >= 4 is 5.97 Å². The molecule has 0 bridgehead atoms. The van der Waals surface area contributed by atoms with Gasteiger partial charge in [0.05, 0.1) is 0 Å². The number of carboxylic acid groups (broad SMARTS) is 1. The van der Waals surface area contributed by atoms with Gasteiger partial charge in [0.15, 0.2) is 0 Å². The molecule has 14 heavy (non-hydrogen) atoms. The lowest BCUT2D eigenvalue weighted by Crippen LogP contribution is -2.53. The molecule has 0 saturated carbocycles. The van der Waals surface area contributed by atoms with Gasteiger partial charge < -0.3 is 5.11 Å². The van der Waals surface area contributed by atoms with E-state index in [0.29, 0.717) is 18.8 Å². The van der Waals surface area contributed by atoms with E-state index in [1.54, 1.807) is 0 Å². The normalized spacial score (nSPS) is 12.5. The number of likely N-dealkylation sites (N-methyl/N-ethyl adjacent to an activating group) is 1. The Kier molecular flexibility index (Phi) is 5.13. The Balaban J connectivity index is 4.71. The van der Waals surface area contributed by atoms with Crippen molar-refractivity contribution < 1.29 is 9.90 Å². The van der Waals surface area contributed by atoms with Gasteiger partial charge in [-0.15, -0.1) is 0 Å². The van der Waals surface area contributed by atoms with Crippen LogP contribution in [-0.4, -0.2) is 35.1 Å². The molecular formula is C11H23NO2. The van der Waals surface area contributed by atoms with E-state index >= 15 is 0 Å². The summed E-state index contributed by atoms with van der Waals surface area (Å²) in [6.07, 6.45) is 1.31. The van der Waals surface area contributed by atoms with E-state index in [-0.39, 0.29) is 0 Å². The molecule has 0 aromatic carbocycles. The summed E-state index contributed by atoms with van der Waals surface area (Å²) in [4.78, 5) is 13.2. The van der Waals surface area contributed by atoms with Gasteiger partial charge in [-0.3, -0.25) is 9.69 Å². The zero-order valence-corrected chi connectivity index (χ0v) is 10.0. The molecule has 0 aliphatic rings. The van der Waals surface area contributed by atoms with Gasteiger partial charge in [-0.2, -0.15) is 0 Å². The van der Waals surface area contributed by atoms with Crippen LogP contribution < -0.4 is 0 Å². The molecule has 3 heteroatoms. The summed E-state index contributed by atoms with van der Waals surface area (Å²) in [5.74, 6) is -0.206. The van der Waals surface area contributed by atoms with Crippen LogP contribution in [0.15, 0.2) is 0 Å². The lowest BCUT2D eigenvalue weighted by Gasteiger charge is -2.37. The van der Waals surface area contributed by atoms with Crippen LogP contribution in [0.25, 0.3) is 0 Å². The SMILES string of the molecule is CCC(CC)(C(=O)O)N(C)CC(C)C. The molecule has 0 spiro atoms. The summed E-state index contributed by atoms with van der Waals surface area (Å²) in [5.41, 5.74) is -0.676. The fourth-order valence-electron chi connectivity index (χ4n) is 1.98. The molecule has 0 aliphatic carbocycles. The predicted molar refractivity (Wildman–Crippen MR) is 58.4 cm³/mol. The Bertz CT molecular complexity index is 186. The van der Waals surface area contributed by atoms with Gasteiger partial charge in [-0.05, 0) is 25.8 Å². The third-order valence-corrected chi connectivity index (χ3v) is 2.94. The van der Waals surface area contributed by atoms with Crippen LogP contribution in [0.1, 0.15) is 40.5 Å². The van der Waals surface area contributed by atoms with Gasteiger partial charge in [0.1, 0.15) is 5.54 Å². The summed E-state index contributed by atoms with van der Waals surface area (Å²) in [5, 5.41) is 9.27. The molecule has 0 unspecified atom stereocenters. The van der Waals surface area contributed by atoms with Crippen molar-refractivity contribution in [2.24, 2.45) is 5.92 Å². The second kappa shape index (κ2) is 5.35. The number of carbonyl (C=O) groups is 1. The van der Waals surface area contributed by atoms with Crippen molar-refractivity contribution in [1.29, 1.82) is 0 Å². The molecule has 0 aliphatic heterocycles. The van der Waals surface area contributed by atoms with Crippen molar-refractivity contribution in [1.82, 2.24) is 4.90 Å². The lowest BCUT2D eigenvalue weighted by molar-refractivity contribution is -0.151. The van der Waals surface area contributed by atoms with Gasteiger partial charge in [0.2, 0.25) is 0 Å². The van der Waals surface area contributed by atoms with Crippen molar-refractivity contribution in [3.63, 3.8) is 0 Å². The Morgan fingerprint density at radius 3 is 2.00 bits per heavy atom. The van der Waals surface area contributed by atoms with E-state index in [2.05, 4.69) is 13.8 Å². The minimum Gasteiger partial charge on any atom is -0.480 e. The summed E-state index contributed by atoms with van der Waals surface area (Å²) in [6.45, 7) is 8.92. The van der Waals surface area contributed by atoms with Crippen LogP contribution in [0.3, 0.4) is 0 Å². The molecule has 0 radical (unpaired) electrons. The lowest BCUT2D eigenvalue weighted by atomic mass is 9.90. The number of rotatable bonds is 6. The number of carboxylic acids is 1. The van der Waals surface area contributed by atoms with Gasteiger partial charge >= 0.3 is 5.97 Å². The van der Waals surface area contributed by atoms with E-state index in [1.165, 1.54) is 0 Å². The molecule has 0 heterocycles. The minimum atomic E-state index is -0.703. The van der Waals surface area contributed by atoms with E-state index < -0.39 is 11.5 Å². The Morgan fingerprint density at radius 2 is 1.79 bits per heavy atom. The number of aliphatic carboxylic acids is 1. The maximum Gasteiger partial charge on any atom is 0.324 e. The van der Waals surface area contributed by atoms with Crippen molar-refractivity contribution in [3.05, 3.63) is 0 Å². The average Bonchev–Trinajstić information content (AvgIpc) is 2.05. The van der Waals surface area contributed by atoms with Crippen LogP contribution in [0.5, 0.6) is 0 Å². The first kappa shape index (κ1) is 13.4. The van der Waals surface area contributed by atoms with Crippen LogP contribution in [0, 0.1) is 5.92 Å². The number of hydrogen-bond acceptors (Lipinski definition) is 2. The van der Waals surface area contributed by atoms with E-state index in [4.69, 9.17) is 0 Å². The fraction of sp³-hybridized carbons (Fsp3) is 0.909. The summed E-state index contributed by atoms with van der Waals surface area (Å²) < 4.78 is 0. The molecule has 0 rings (SSSR count). The molecule has 0 aromatic heterocycles. The quantitative estimate of drug-likeness (QED) is 0.716. The van der Waals surface area contributed by atoms with Gasteiger partial charge in [-0.25, -0.2) is 0 Å². The van der Waals surface area contributed by atoms with E-state index in [1.807, 2.05) is 25.8 Å². The molecule has 84 valence electrons. The molecule has 0 amide bonds. The smallest absolute Gasteiger partial charge is 0.324 e. The molecule has 0 fully saturated rings. The Hall–Kier alpha value is -0.570. The highest BCUT2D eigenvalue weighted by Gasteiger charge is 2.38. The monoisotopic (exact) mass is 201 g/mol.